The summed E-state index contributed by atoms with van der Waals surface area (Å²) in [4.78, 5) is 13.8. The lowest BCUT2D eigenvalue weighted by Gasteiger charge is -2.29. The van der Waals surface area contributed by atoms with E-state index in [2.05, 4.69) is 18.7 Å². The van der Waals surface area contributed by atoms with Crippen molar-refractivity contribution in [3.05, 3.63) is 22.7 Å². The summed E-state index contributed by atoms with van der Waals surface area (Å²) in [6.07, 6.45) is 2.26. The Bertz CT molecular complexity index is 498. The highest BCUT2D eigenvalue weighted by Gasteiger charge is 2.33. The van der Waals surface area contributed by atoms with Crippen LogP contribution in [0.1, 0.15) is 37.0 Å². The number of carbonyl (C=O) groups is 1. The Kier molecular flexibility index (Phi) is 3.90. The maximum absolute atomic E-state index is 11.6. The Hall–Kier alpha value is -1.42. The molecule has 2 rings (SSSR count). The molecule has 0 spiro atoms. The van der Waals surface area contributed by atoms with Gasteiger partial charge in [-0.2, -0.15) is 0 Å². The fourth-order valence-electron chi connectivity index (χ4n) is 2.30. The minimum absolute atomic E-state index is 0.414. The van der Waals surface area contributed by atoms with E-state index in [-0.39, 0.29) is 0 Å². The highest BCUT2D eigenvalue weighted by Crippen LogP contribution is 2.39. The van der Waals surface area contributed by atoms with Crippen molar-refractivity contribution in [3.63, 3.8) is 0 Å². The molecule has 0 unspecified atom stereocenters. The van der Waals surface area contributed by atoms with Crippen LogP contribution in [0.15, 0.2) is 12.1 Å². The van der Waals surface area contributed by atoms with Crippen molar-refractivity contribution in [3.8, 4) is 0 Å². The van der Waals surface area contributed by atoms with Gasteiger partial charge in [0.25, 0.3) is 5.91 Å². The van der Waals surface area contributed by atoms with E-state index in [0.29, 0.717) is 28.2 Å². The molecule has 1 aromatic rings. The first-order valence-electron chi connectivity index (χ1n) is 6.55. The topological polar surface area (TPSA) is 72.3 Å². The van der Waals surface area contributed by atoms with Crippen molar-refractivity contribution < 1.29 is 4.79 Å². The van der Waals surface area contributed by atoms with Crippen LogP contribution in [0.4, 0.5) is 11.4 Å². The quantitative estimate of drug-likeness (QED) is 0.815. The number of rotatable bonds is 5. The molecule has 0 aromatic heterocycles. The van der Waals surface area contributed by atoms with E-state index in [1.165, 1.54) is 0 Å². The van der Waals surface area contributed by atoms with Crippen LogP contribution in [-0.4, -0.2) is 18.5 Å². The van der Waals surface area contributed by atoms with Gasteiger partial charge in [0.1, 0.15) is 0 Å². The highest BCUT2D eigenvalue weighted by molar-refractivity contribution is 6.34. The summed E-state index contributed by atoms with van der Waals surface area (Å²) >= 11 is 6.30. The lowest BCUT2D eigenvalue weighted by molar-refractivity contribution is 0.100. The third-order valence-corrected chi connectivity index (χ3v) is 3.48. The zero-order chi connectivity index (χ0) is 14.2. The maximum atomic E-state index is 11.6. The standard InChI is InChI=1S/C14H20ClN3O/c1-8(2)7-18(10-3-4-10)13-11(14(17)19)5-9(16)6-12(13)15/h5-6,8,10H,3-4,7,16H2,1-2H3,(H2,17,19). The van der Waals surface area contributed by atoms with E-state index in [1.807, 2.05) is 0 Å². The Morgan fingerprint density at radius 3 is 2.58 bits per heavy atom. The van der Waals surface area contributed by atoms with Gasteiger partial charge in [0.05, 0.1) is 16.3 Å². The van der Waals surface area contributed by atoms with Gasteiger partial charge < -0.3 is 16.4 Å². The van der Waals surface area contributed by atoms with E-state index in [1.54, 1.807) is 12.1 Å². The Balaban J connectivity index is 2.48. The average Bonchev–Trinajstić information content (AvgIpc) is 3.08. The van der Waals surface area contributed by atoms with Gasteiger partial charge in [-0.3, -0.25) is 4.79 Å². The van der Waals surface area contributed by atoms with Gasteiger partial charge in [-0.05, 0) is 30.9 Å². The Morgan fingerprint density at radius 1 is 1.47 bits per heavy atom. The predicted molar refractivity (Wildman–Crippen MR) is 79.6 cm³/mol. The number of benzene rings is 1. The lowest BCUT2D eigenvalue weighted by atomic mass is 10.1. The molecule has 1 aliphatic rings. The van der Waals surface area contributed by atoms with Crippen molar-refractivity contribution in [2.45, 2.75) is 32.7 Å². The molecule has 1 amide bonds. The van der Waals surface area contributed by atoms with Gasteiger partial charge in [-0.15, -0.1) is 0 Å². The number of nitrogen functional groups attached to an aromatic ring is 1. The fraction of sp³-hybridized carbons (Fsp3) is 0.500. The molecule has 4 N–H and O–H groups in total. The van der Waals surface area contributed by atoms with Crippen LogP contribution in [0, 0.1) is 5.92 Å². The normalized spacial score (nSPS) is 14.7. The smallest absolute Gasteiger partial charge is 0.250 e. The molecule has 104 valence electrons. The van der Waals surface area contributed by atoms with E-state index in [4.69, 9.17) is 23.1 Å². The number of nitrogens with two attached hydrogens (primary N) is 2. The number of anilines is 2. The van der Waals surface area contributed by atoms with Gasteiger partial charge in [0.15, 0.2) is 0 Å². The molecule has 0 radical (unpaired) electrons. The molecule has 0 atom stereocenters. The first-order chi connectivity index (χ1) is 8.90. The number of halogens is 1. The minimum atomic E-state index is -0.487. The lowest BCUT2D eigenvalue weighted by Crippen LogP contribution is -2.32. The van der Waals surface area contributed by atoms with E-state index >= 15 is 0 Å². The summed E-state index contributed by atoms with van der Waals surface area (Å²) in [5.41, 5.74) is 12.8. The van der Waals surface area contributed by atoms with Crippen LogP contribution in [0.3, 0.4) is 0 Å². The van der Waals surface area contributed by atoms with Gasteiger partial charge >= 0.3 is 0 Å². The van der Waals surface area contributed by atoms with Crippen molar-refractivity contribution >= 4 is 28.9 Å². The largest absolute Gasteiger partial charge is 0.399 e. The summed E-state index contributed by atoms with van der Waals surface area (Å²) in [5, 5.41) is 0.501. The number of primary amides is 1. The molecule has 0 aliphatic heterocycles. The van der Waals surface area contributed by atoms with Crippen molar-refractivity contribution in [1.29, 1.82) is 0 Å². The monoisotopic (exact) mass is 281 g/mol. The fourth-order valence-corrected chi connectivity index (χ4v) is 2.64. The van der Waals surface area contributed by atoms with Crippen molar-refractivity contribution in [2.24, 2.45) is 11.7 Å². The molecule has 4 nitrogen and oxygen atoms in total. The molecular formula is C14H20ClN3O. The SMILES string of the molecule is CC(C)CN(c1c(Cl)cc(N)cc1C(N)=O)C1CC1. The average molecular weight is 282 g/mol. The zero-order valence-corrected chi connectivity index (χ0v) is 12.1. The second-order valence-electron chi connectivity index (χ2n) is 5.54. The zero-order valence-electron chi connectivity index (χ0n) is 11.3. The van der Waals surface area contributed by atoms with Crippen molar-refractivity contribution in [1.82, 2.24) is 0 Å². The van der Waals surface area contributed by atoms with Crippen LogP contribution >= 0.6 is 11.6 Å². The molecule has 0 bridgehead atoms. The summed E-state index contributed by atoms with van der Waals surface area (Å²) in [6, 6.07) is 3.75. The van der Waals surface area contributed by atoms with E-state index in [9.17, 15) is 4.79 Å². The second-order valence-corrected chi connectivity index (χ2v) is 5.95. The number of hydrogen-bond donors (Lipinski definition) is 2. The minimum Gasteiger partial charge on any atom is -0.399 e. The summed E-state index contributed by atoms with van der Waals surface area (Å²) in [7, 11) is 0. The molecule has 5 heteroatoms. The van der Waals surface area contributed by atoms with Crippen LogP contribution < -0.4 is 16.4 Å². The number of carbonyl (C=O) groups excluding carboxylic acids is 1. The Labute approximate surface area is 118 Å². The van der Waals surface area contributed by atoms with Crippen molar-refractivity contribution in [2.75, 3.05) is 17.2 Å². The van der Waals surface area contributed by atoms with Crippen LogP contribution in [-0.2, 0) is 0 Å². The maximum Gasteiger partial charge on any atom is 0.250 e. The van der Waals surface area contributed by atoms with Gasteiger partial charge in [0, 0.05) is 18.3 Å². The molecule has 1 saturated carbocycles. The highest BCUT2D eigenvalue weighted by atomic mass is 35.5. The van der Waals surface area contributed by atoms with Crippen LogP contribution in [0.5, 0.6) is 0 Å². The third kappa shape index (κ3) is 3.13. The van der Waals surface area contributed by atoms with Gasteiger partial charge in [-0.1, -0.05) is 25.4 Å². The first kappa shape index (κ1) is 14.0. The Morgan fingerprint density at radius 2 is 2.11 bits per heavy atom. The summed E-state index contributed by atoms with van der Waals surface area (Å²) in [6.45, 7) is 5.14. The first-order valence-corrected chi connectivity index (χ1v) is 6.93. The van der Waals surface area contributed by atoms with E-state index < -0.39 is 5.91 Å². The van der Waals surface area contributed by atoms with Crippen LogP contribution in [0.25, 0.3) is 0 Å². The van der Waals surface area contributed by atoms with Gasteiger partial charge in [-0.25, -0.2) is 0 Å². The number of nitrogens with zero attached hydrogens (tertiary/aromatic N) is 1. The number of amides is 1. The molecule has 0 heterocycles. The van der Waals surface area contributed by atoms with E-state index in [0.717, 1.165) is 25.1 Å². The molecule has 1 fully saturated rings. The third-order valence-electron chi connectivity index (χ3n) is 3.19. The van der Waals surface area contributed by atoms with Crippen LogP contribution in [0.2, 0.25) is 5.02 Å². The second kappa shape index (κ2) is 5.29. The molecular weight excluding hydrogens is 262 g/mol. The summed E-state index contributed by atoms with van der Waals surface area (Å²) in [5.74, 6) is -0.00597. The number of hydrogen-bond acceptors (Lipinski definition) is 3. The molecule has 0 saturated heterocycles. The molecule has 1 aliphatic carbocycles. The summed E-state index contributed by atoms with van der Waals surface area (Å²) < 4.78 is 0. The van der Waals surface area contributed by atoms with Gasteiger partial charge in [0.2, 0.25) is 0 Å². The molecule has 19 heavy (non-hydrogen) atoms. The molecule has 1 aromatic carbocycles. The predicted octanol–water partition coefficient (Wildman–Crippen LogP) is 2.65.